The molecule has 0 amide bonds. The van der Waals surface area contributed by atoms with Gasteiger partial charge in [-0.2, -0.15) is 0 Å². The SMILES string of the molecule is COC(=O)CC/C(C)=C/Cc1c(OC)c(C)c2c(c1OCC#CCN1CCN(C(c3ccc(F)cc3)c3ccc(F)cc3)CC1)C(=O)OC2. The number of ether oxygens (including phenoxy) is 4. The highest BCUT2D eigenvalue weighted by Gasteiger charge is 2.33. The van der Waals surface area contributed by atoms with Crippen LogP contribution in [0.4, 0.5) is 8.78 Å². The Bertz CT molecular complexity index is 1690. The largest absolute Gasteiger partial charge is 0.496 e. The van der Waals surface area contributed by atoms with Gasteiger partial charge in [-0.15, -0.1) is 0 Å². The van der Waals surface area contributed by atoms with Gasteiger partial charge in [0, 0.05) is 43.7 Å². The highest BCUT2D eigenvalue weighted by Crippen LogP contribution is 2.43. The number of methoxy groups -OCH3 is 2. The molecule has 5 rings (SSSR count). The first kappa shape index (κ1) is 35.6. The Balaban J connectivity index is 1.24. The first-order valence-electron chi connectivity index (χ1n) is 16.4. The number of benzene rings is 3. The Morgan fingerprint density at radius 2 is 1.57 bits per heavy atom. The summed E-state index contributed by atoms with van der Waals surface area (Å²) in [6.45, 7) is 7.67. The molecule has 0 radical (unpaired) electrons. The third kappa shape index (κ3) is 8.66. The van der Waals surface area contributed by atoms with Gasteiger partial charge < -0.3 is 18.9 Å². The number of nitrogens with zero attached hydrogens (tertiary/aromatic N) is 2. The van der Waals surface area contributed by atoms with Gasteiger partial charge in [-0.1, -0.05) is 47.8 Å². The monoisotopic (exact) mass is 672 g/mol. The van der Waals surface area contributed by atoms with Crippen molar-refractivity contribution < 1.29 is 37.3 Å². The molecule has 1 saturated heterocycles. The van der Waals surface area contributed by atoms with E-state index < -0.39 is 5.97 Å². The maximum atomic E-state index is 13.7. The summed E-state index contributed by atoms with van der Waals surface area (Å²) in [7, 11) is 2.96. The van der Waals surface area contributed by atoms with Crippen LogP contribution < -0.4 is 9.47 Å². The van der Waals surface area contributed by atoms with Crippen molar-refractivity contribution in [3.05, 3.63) is 105 Å². The van der Waals surface area contributed by atoms with Crippen molar-refractivity contribution in [3.8, 4) is 23.3 Å². The molecule has 10 heteroatoms. The van der Waals surface area contributed by atoms with Crippen molar-refractivity contribution >= 4 is 11.9 Å². The van der Waals surface area contributed by atoms with Crippen LogP contribution in [0, 0.1) is 30.4 Å². The van der Waals surface area contributed by atoms with Gasteiger partial charge in [0.05, 0.1) is 26.8 Å². The molecule has 3 aromatic rings. The molecule has 1 fully saturated rings. The van der Waals surface area contributed by atoms with Gasteiger partial charge in [0.15, 0.2) is 0 Å². The average molecular weight is 673 g/mol. The van der Waals surface area contributed by atoms with Gasteiger partial charge in [-0.3, -0.25) is 14.6 Å². The van der Waals surface area contributed by atoms with E-state index >= 15 is 0 Å². The number of halogens is 2. The lowest BCUT2D eigenvalue weighted by molar-refractivity contribution is -0.140. The van der Waals surface area contributed by atoms with Gasteiger partial charge in [-0.25, -0.2) is 13.6 Å². The highest BCUT2D eigenvalue weighted by molar-refractivity contribution is 5.98. The lowest BCUT2D eigenvalue weighted by Gasteiger charge is -2.39. The average Bonchev–Trinajstić information content (AvgIpc) is 3.50. The second kappa shape index (κ2) is 16.6. The van der Waals surface area contributed by atoms with E-state index in [1.807, 2.05) is 19.9 Å². The van der Waals surface area contributed by atoms with Gasteiger partial charge >= 0.3 is 11.9 Å². The molecule has 0 bridgehead atoms. The molecular formula is C39H42F2N2O6. The number of cyclic esters (lactones) is 1. The number of rotatable bonds is 12. The molecule has 0 atom stereocenters. The maximum absolute atomic E-state index is 13.7. The molecular weight excluding hydrogens is 630 g/mol. The van der Waals surface area contributed by atoms with Crippen LogP contribution in [-0.4, -0.2) is 75.3 Å². The van der Waals surface area contributed by atoms with Crippen molar-refractivity contribution in [3.63, 3.8) is 0 Å². The number of hydrogen-bond acceptors (Lipinski definition) is 8. The Morgan fingerprint density at radius 1 is 0.939 bits per heavy atom. The van der Waals surface area contributed by atoms with E-state index in [0.29, 0.717) is 36.4 Å². The molecule has 0 unspecified atom stereocenters. The normalized spacial score (nSPS) is 15.0. The second-order valence-electron chi connectivity index (χ2n) is 12.2. The van der Waals surface area contributed by atoms with E-state index in [1.165, 1.54) is 31.4 Å². The number of piperazine rings is 1. The van der Waals surface area contributed by atoms with Crippen LogP contribution in [0.25, 0.3) is 0 Å². The predicted octanol–water partition coefficient (Wildman–Crippen LogP) is 6.18. The van der Waals surface area contributed by atoms with Crippen molar-refractivity contribution in [2.75, 3.05) is 53.6 Å². The smallest absolute Gasteiger partial charge is 0.342 e. The molecule has 2 heterocycles. The quantitative estimate of drug-likeness (QED) is 0.128. The van der Waals surface area contributed by atoms with Crippen molar-refractivity contribution in [2.45, 2.75) is 45.8 Å². The summed E-state index contributed by atoms with van der Waals surface area (Å²) >= 11 is 0. The van der Waals surface area contributed by atoms with Crippen molar-refractivity contribution in [1.82, 2.24) is 9.80 Å². The molecule has 0 saturated carbocycles. The third-order valence-corrected chi connectivity index (χ3v) is 9.09. The Hall–Kier alpha value is -4.72. The number of hydrogen-bond donors (Lipinski definition) is 0. The lowest BCUT2D eigenvalue weighted by Crippen LogP contribution is -2.47. The molecule has 2 aliphatic rings. The molecule has 2 aliphatic heterocycles. The molecule has 0 aliphatic carbocycles. The summed E-state index contributed by atoms with van der Waals surface area (Å²) in [6, 6.07) is 12.8. The van der Waals surface area contributed by atoms with Crippen LogP contribution in [0.2, 0.25) is 0 Å². The van der Waals surface area contributed by atoms with E-state index in [9.17, 15) is 18.4 Å². The first-order chi connectivity index (χ1) is 23.7. The molecule has 0 aromatic heterocycles. The number of allylic oxidation sites excluding steroid dienone is 2. The predicted molar refractivity (Wildman–Crippen MR) is 181 cm³/mol. The van der Waals surface area contributed by atoms with E-state index in [-0.39, 0.29) is 43.3 Å². The topological polar surface area (TPSA) is 77.5 Å². The minimum Gasteiger partial charge on any atom is -0.496 e. The van der Waals surface area contributed by atoms with Crippen molar-refractivity contribution in [1.29, 1.82) is 0 Å². The van der Waals surface area contributed by atoms with Gasteiger partial charge in [0.25, 0.3) is 0 Å². The number of esters is 2. The van der Waals surface area contributed by atoms with Crippen molar-refractivity contribution in [2.24, 2.45) is 0 Å². The Labute approximate surface area is 286 Å². The summed E-state index contributed by atoms with van der Waals surface area (Å²) in [6.07, 6.45) is 3.27. The van der Waals surface area contributed by atoms with Gasteiger partial charge in [0.2, 0.25) is 0 Å². The van der Waals surface area contributed by atoms with Crippen LogP contribution in [0.5, 0.6) is 11.5 Å². The second-order valence-corrected chi connectivity index (χ2v) is 12.2. The lowest BCUT2D eigenvalue weighted by atomic mass is 9.94. The van der Waals surface area contributed by atoms with Crippen LogP contribution in [0.15, 0.2) is 60.2 Å². The molecule has 0 spiro atoms. The van der Waals surface area contributed by atoms with E-state index in [1.54, 1.807) is 31.4 Å². The van der Waals surface area contributed by atoms with Crippen LogP contribution >= 0.6 is 0 Å². The summed E-state index contributed by atoms with van der Waals surface area (Å²) in [5.41, 5.74) is 5.62. The fraction of sp³-hybridized carbons (Fsp3) is 0.385. The molecule has 0 N–H and O–H groups in total. The van der Waals surface area contributed by atoms with E-state index in [0.717, 1.165) is 59.6 Å². The Morgan fingerprint density at radius 3 is 2.16 bits per heavy atom. The summed E-state index contributed by atoms with van der Waals surface area (Å²) < 4.78 is 49.5. The molecule has 49 heavy (non-hydrogen) atoms. The van der Waals surface area contributed by atoms with E-state index in [4.69, 9.17) is 18.9 Å². The zero-order valence-electron chi connectivity index (χ0n) is 28.4. The summed E-state index contributed by atoms with van der Waals surface area (Å²) in [5, 5.41) is 0. The van der Waals surface area contributed by atoms with Crippen LogP contribution in [0.1, 0.15) is 64.0 Å². The number of carbonyl (C=O) groups excluding carboxylic acids is 2. The third-order valence-electron chi connectivity index (χ3n) is 9.09. The molecule has 3 aromatic carbocycles. The highest BCUT2D eigenvalue weighted by atomic mass is 19.1. The summed E-state index contributed by atoms with van der Waals surface area (Å²) in [4.78, 5) is 29.0. The van der Waals surface area contributed by atoms with Gasteiger partial charge in [0.1, 0.15) is 41.9 Å². The van der Waals surface area contributed by atoms with Crippen LogP contribution in [0.3, 0.4) is 0 Å². The van der Waals surface area contributed by atoms with E-state index in [2.05, 4.69) is 21.6 Å². The van der Waals surface area contributed by atoms with Crippen LogP contribution in [-0.2, 0) is 27.3 Å². The molecule has 8 nitrogen and oxygen atoms in total. The summed E-state index contributed by atoms with van der Waals surface area (Å²) in [5.74, 6) is 6.06. The first-order valence-corrected chi connectivity index (χ1v) is 16.4. The Kier molecular flexibility index (Phi) is 12.1. The minimum absolute atomic E-state index is 0.0706. The fourth-order valence-corrected chi connectivity index (χ4v) is 6.36. The minimum atomic E-state index is -0.436. The molecule has 258 valence electrons. The number of carbonyl (C=O) groups is 2. The number of fused-ring (bicyclic) bond motifs is 1. The standard InChI is InChI=1S/C39H42F2N2O6/c1-26(8-18-34(44)46-3)7-17-32-37(47-4)27(2)33-25-49-39(45)35(33)38(32)48-24-6-5-19-42-20-22-43(23-21-42)36(28-9-13-30(40)14-10-28)29-11-15-31(41)16-12-29/h7,9-16,36H,8,17-25H2,1-4H3/b26-7+. The fourth-order valence-electron chi connectivity index (χ4n) is 6.36. The maximum Gasteiger partial charge on any atom is 0.342 e. The zero-order chi connectivity index (χ0) is 34.9. The zero-order valence-corrected chi connectivity index (χ0v) is 28.4. The van der Waals surface area contributed by atoms with Gasteiger partial charge in [-0.05, 0) is 67.6 Å².